The van der Waals surface area contributed by atoms with Gasteiger partial charge in [-0.25, -0.2) is 14.6 Å². The molecule has 1 aliphatic rings. The lowest BCUT2D eigenvalue weighted by Gasteiger charge is -2.33. The maximum Gasteiger partial charge on any atom is 0.266 e. The van der Waals surface area contributed by atoms with Crippen LogP contribution >= 0.6 is 0 Å². The third-order valence-electron chi connectivity index (χ3n) is 5.50. The third-order valence-corrected chi connectivity index (χ3v) is 5.50. The molecule has 3 aromatic rings. The van der Waals surface area contributed by atoms with Gasteiger partial charge in [-0.05, 0) is 37.0 Å². The van der Waals surface area contributed by atoms with E-state index in [0.29, 0.717) is 12.5 Å². The number of hydrogen-bond donors (Lipinski definition) is 0. The minimum Gasteiger partial charge on any atom is -0.356 e. The van der Waals surface area contributed by atoms with Crippen molar-refractivity contribution in [2.24, 2.45) is 5.92 Å². The van der Waals surface area contributed by atoms with Crippen LogP contribution in [0.4, 0.5) is 5.82 Å². The van der Waals surface area contributed by atoms with Crippen molar-refractivity contribution in [2.45, 2.75) is 45.6 Å². The second-order valence-electron chi connectivity index (χ2n) is 8.63. The van der Waals surface area contributed by atoms with Crippen LogP contribution in [0, 0.1) is 5.92 Å². The van der Waals surface area contributed by atoms with Crippen LogP contribution in [0.3, 0.4) is 0 Å². The Morgan fingerprint density at radius 1 is 1.04 bits per heavy atom. The monoisotopic (exact) mass is 377 g/mol. The van der Waals surface area contributed by atoms with Gasteiger partial charge in [-0.1, -0.05) is 32.9 Å². The predicted octanol–water partition coefficient (Wildman–Crippen LogP) is 3.40. The van der Waals surface area contributed by atoms with Crippen LogP contribution in [0.1, 0.15) is 39.3 Å². The number of rotatable bonds is 3. The molecule has 146 valence electrons. The Balaban J connectivity index is 1.47. The van der Waals surface area contributed by atoms with Crippen molar-refractivity contribution in [2.75, 3.05) is 18.0 Å². The predicted molar refractivity (Wildman–Crippen MR) is 112 cm³/mol. The van der Waals surface area contributed by atoms with Crippen molar-refractivity contribution >= 4 is 16.7 Å². The van der Waals surface area contributed by atoms with E-state index in [4.69, 9.17) is 0 Å². The highest BCUT2D eigenvalue weighted by Crippen LogP contribution is 2.27. The van der Waals surface area contributed by atoms with E-state index in [0.717, 1.165) is 48.3 Å². The molecule has 0 bridgehead atoms. The lowest BCUT2D eigenvalue weighted by molar-refractivity contribution is 0.330. The molecular formula is C22H27N5O. The molecule has 0 N–H and O–H groups in total. The van der Waals surface area contributed by atoms with Crippen molar-refractivity contribution in [3.63, 3.8) is 0 Å². The number of para-hydroxylation sites is 1. The minimum atomic E-state index is -0.0626. The summed E-state index contributed by atoms with van der Waals surface area (Å²) in [5.74, 6) is 1.46. The van der Waals surface area contributed by atoms with Crippen LogP contribution in [0.15, 0.2) is 47.5 Å². The molecule has 1 fully saturated rings. The first-order valence-corrected chi connectivity index (χ1v) is 9.95. The van der Waals surface area contributed by atoms with Gasteiger partial charge in [0.2, 0.25) is 0 Å². The lowest BCUT2D eigenvalue weighted by atomic mass is 9.92. The summed E-state index contributed by atoms with van der Waals surface area (Å²) in [4.78, 5) is 23.5. The number of hydrogen-bond acceptors (Lipinski definition) is 5. The number of nitrogens with zero attached hydrogens (tertiary/aromatic N) is 5. The first-order valence-electron chi connectivity index (χ1n) is 9.95. The van der Waals surface area contributed by atoms with Crippen LogP contribution in [0.5, 0.6) is 0 Å². The zero-order chi connectivity index (χ0) is 19.7. The van der Waals surface area contributed by atoms with Crippen LogP contribution in [0.2, 0.25) is 0 Å². The minimum absolute atomic E-state index is 0.0165. The van der Waals surface area contributed by atoms with E-state index in [-0.39, 0.29) is 11.0 Å². The Labute approximate surface area is 165 Å². The van der Waals surface area contributed by atoms with Crippen molar-refractivity contribution in [1.82, 2.24) is 19.7 Å². The average molecular weight is 377 g/mol. The molecule has 0 unspecified atom stereocenters. The quantitative estimate of drug-likeness (QED) is 0.700. The van der Waals surface area contributed by atoms with Gasteiger partial charge < -0.3 is 4.90 Å². The van der Waals surface area contributed by atoms with E-state index in [9.17, 15) is 4.79 Å². The summed E-state index contributed by atoms with van der Waals surface area (Å²) < 4.78 is 1.65. The average Bonchev–Trinajstić information content (AvgIpc) is 2.69. The van der Waals surface area contributed by atoms with E-state index >= 15 is 0 Å². The molecular weight excluding hydrogens is 350 g/mol. The summed E-state index contributed by atoms with van der Waals surface area (Å²) in [6, 6.07) is 11.6. The molecule has 4 rings (SSSR count). The van der Waals surface area contributed by atoms with Gasteiger partial charge in [-0.3, -0.25) is 4.79 Å². The van der Waals surface area contributed by atoms with Gasteiger partial charge in [0.1, 0.15) is 12.1 Å². The Hall–Kier alpha value is -2.76. The fourth-order valence-electron chi connectivity index (χ4n) is 3.79. The van der Waals surface area contributed by atoms with Crippen LogP contribution in [-0.2, 0) is 12.0 Å². The number of anilines is 1. The maximum atomic E-state index is 12.3. The second-order valence-corrected chi connectivity index (χ2v) is 8.63. The Bertz CT molecular complexity index is 1020. The molecule has 0 aliphatic carbocycles. The molecule has 0 spiro atoms. The third kappa shape index (κ3) is 3.77. The van der Waals surface area contributed by atoms with Crippen LogP contribution < -0.4 is 10.5 Å². The smallest absolute Gasteiger partial charge is 0.266 e. The Kier molecular flexibility index (Phi) is 4.87. The SMILES string of the molecule is CC(C)(C)c1ccc(=O)n(CC2CCN(c3ncnc4ccccc34)CC2)n1. The first-order chi connectivity index (χ1) is 13.4. The summed E-state index contributed by atoms with van der Waals surface area (Å²) in [5.41, 5.74) is 1.85. The summed E-state index contributed by atoms with van der Waals surface area (Å²) in [6.07, 6.45) is 3.68. The van der Waals surface area contributed by atoms with Crippen molar-refractivity contribution in [1.29, 1.82) is 0 Å². The molecule has 1 saturated heterocycles. The fourth-order valence-corrected chi connectivity index (χ4v) is 3.79. The molecule has 0 amide bonds. The molecule has 0 saturated carbocycles. The summed E-state index contributed by atoms with van der Waals surface area (Å²) in [5, 5.41) is 5.72. The van der Waals surface area contributed by atoms with E-state index in [1.165, 1.54) is 0 Å². The van der Waals surface area contributed by atoms with Gasteiger partial charge in [-0.2, -0.15) is 5.10 Å². The number of fused-ring (bicyclic) bond motifs is 1. The first kappa shape index (κ1) is 18.6. The molecule has 2 aromatic heterocycles. The second kappa shape index (κ2) is 7.34. The van der Waals surface area contributed by atoms with Crippen molar-refractivity contribution in [3.8, 4) is 0 Å². The highest BCUT2D eigenvalue weighted by Gasteiger charge is 2.23. The van der Waals surface area contributed by atoms with E-state index < -0.39 is 0 Å². The van der Waals surface area contributed by atoms with Crippen LogP contribution in [-0.4, -0.2) is 32.8 Å². The fraction of sp³-hybridized carbons (Fsp3) is 0.455. The highest BCUT2D eigenvalue weighted by molar-refractivity contribution is 5.89. The van der Waals surface area contributed by atoms with Crippen LogP contribution in [0.25, 0.3) is 10.9 Å². The van der Waals surface area contributed by atoms with Crippen molar-refractivity contribution in [3.05, 3.63) is 58.8 Å². The van der Waals surface area contributed by atoms with Gasteiger partial charge in [0.05, 0.1) is 11.2 Å². The molecule has 0 radical (unpaired) electrons. The molecule has 6 heteroatoms. The van der Waals surface area contributed by atoms with Gasteiger partial charge in [0.15, 0.2) is 0 Å². The van der Waals surface area contributed by atoms with Gasteiger partial charge in [-0.15, -0.1) is 0 Å². The summed E-state index contributed by atoms with van der Waals surface area (Å²) in [6.45, 7) is 8.90. The van der Waals surface area contributed by atoms with Gasteiger partial charge >= 0.3 is 0 Å². The Morgan fingerprint density at radius 2 is 1.79 bits per heavy atom. The molecule has 28 heavy (non-hydrogen) atoms. The lowest BCUT2D eigenvalue weighted by Crippen LogP contribution is -2.37. The van der Waals surface area contributed by atoms with E-state index in [2.05, 4.69) is 46.8 Å². The number of benzene rings is 1. The summed E-state index contributed by atoms with van der Waals surface area (Å²) in [7, 11) is 0. The molecule has 6 nitrogen and oxygen atoms in total. The zero-order valence-corrected chi connectivity index (χ0v) is 16.8. The normalized spacial score (nSPS) is 15.9. The molecule has 1 aromatic carbocycles. The van der Waals surface area contributed by atoms with Gasteiger partial charge in [0.25, 0.3) is 5.56 Å². The molecule has 1 aliphatic heterocycles. The van der Waals surface area contributed by atoms with Crippen molar-refractivity contribution < 1.29 is 0 Å². The van der Waals surface area contributed by atoms with E-state index in [1.54, 1.807) is 17.1 Å². The zero-order valence-electron chi connectivity index (χ0n) is 16.8. The number of piperidine rings is 1. The molecule has 0 atom stereocenters. The van der Waals surface area contributed by atoms with E-state index in [1.807, 2.05) is 24.3 Å². The Morgan fingerprint density at radius 3 is 2.54 bits per heavy atom. The largest absolute Gasteiger partial charge is 0.356 e. The topological polar surface area (TPSA) is 63.9 Å². The molecule has 3 heterocycles. The van der Waals surface area contributed by atoms with Gasteiger partial charge in [0, 0.05) is 36.5 Å². The highest BCUT2D eigenvalue weighted by atomic mass is 16.1. The maximum absolute atomic E-state index is 12.3. The summed E-state index contributed by atoms with van der Waals surface area (Å²) >= 11 is 0. The standard InChI is InChI=1S/C22H27N5O/c1-22(2,3)19-8-9-20(28)27(25-19)14-16-10-12-26(13-11-16)21-17-6-4-5-7-18(17)23-15-24-21/h4-9,15-16H,10-14H2,1-3H3. The number of aromatic nitrogens is 4.